The molecule has 0 saturated heterocycles. The molecule has 1 N–H and O–H groups in total. The SMILES string of the molecule is CC.CC.O=C(O)CCC1CCCCC1. The first-order chi connectivity index (χ1) is 7.29. The van der Waals surface area contributed by atoms with E-state index in [2.05, 4.69) is 0 Å². The molecule has 0 spiro atoms. The number of aliphatic carboxylic acids is 1. The van der Waals surface area contributed by atoms with Crippen molar-refractivity contribution in [1.82, 2.24) is 0 Å². The van der Waals surface area contributed by atoms with Gasteiger partial charge in [-0.2, -0.15) is 0 Å². The highest BCUT2D eigenvalue weighted by Gasteiger charge is 2.13. The van der Waals surface area contributed by atoms with Crippen molar-refractivity contribution in [2.24, 2.45) is 5.92 Å². The van der Waals surface area contributed by atoms with E-state index in [-0.39, 0.29) is 0 Å². The molecule has 2 nitrogen and oxygen atoms in total. The summed E-state index contributed by atoms with van der Waals surface area (Å²) in [4.78, 5) is 10.2. The Hall–Kier alpha value is -0.530. The van der Waals surface area contributed by atoms with Crippen molar-refractivity contribution in [2.45, 2.75) is 72.6 Å². The Bertz CT molecular complexity index is 126. The number of carboxylic acids is 1. The highest BCUT2D eigenvalue weighted by Crippen LogP contribution is 2.26. The van der Waals surface area contributed by atoms with Crippen LogP contribution in [0.3, 0.4) is 0 Å². The molecule has 2 heteroatoms. The van der Waals surface area contributed by atoms with Gasteiger partial charge in [-0.3, -0.25) is 4.79 Å². The van der Waals surface area contributed by atoms with E-state index in [0.717, 1.165) is 6.42 Å². The zero-order valence-corrected chi connectivity index (χ0v) is 10.9. The van der Waals surface area contributed by atoms with E-state index < -0.39 is 5.97 Å². The number of hydrogen-bond acceptors (Lipinski definition) is 1. The van der Waals surface area contributed by atoms with Gasteiger partial charge >= 0.3 is 5.97 Å². The molecule has 0 bridgehead atoms. The first-order valence-corrected chi connectivity index (χ1v) is 6.51. The zero-order valence-electron chi connectivity index (χ0n) is 10.9. The van der Waals surface area contributed by atoms with Crippen molar-refractivity contribution in [3.05, 3.63) is 0 Å². The minimum Gasteiger partial charge on any atom is -0.481 e. The van der Waals surface area contributed by atoms with Gasteiger partial charge in [0.1, 0.15) is 0 Å². The van der Waals surface area contributed by atoms with Crippen molar-refractivity contribution >= 4 is 5.97 Å². The molecule has 0 unspecified atom stereocenters. The lowest BCUT2D eigenvalue weighted by molar-refractivity contribution is -0.137. The smallest absolute Gasteiger partial charge is 0.303 e. The second kappa shape index (κ2) is 13.5. The molecule has 1 aliphatic carbocycles. The van der Waals surface area contributed by atoms with E-state index in [1.54, 1.807) is 0 Å². The summed E-state index contributed by atoms with van der Waals surface area (Å²) in [5, 5.41) is 8.44. The van der Waals surface area contributed by atoms with Crippen LogP contribution in [0.25, 0.3) is 0 Å². The first-order valence-electron chi connectivity index (χ1n) is 6.51. The second-order valence-corrected chi connectivity index (χ2v) is 3.44. The molecule has 0 atom stereocenters. The predicted octanol–water partition coefficient (Wildman–Crippen LogP) is 4.48. The molecule has 0 amide bonds. The molecule has 0 aromatic rings. The number of carboxylic acid groups (broad SMARTS) is 1. The summed E-state index contributed by atoms with van der Waals surface area (Å²) in [6, 6.07) is 0. The Morgan fingerprint density at radius 3 is 1.93 bits per heavy atom. The van der Waals surface area contributed by atoms with Crippen LogP contribution in [0.15, 0.2) is 0 Å². The fraction of sp³-hybridized carbons (Fsp3) is 0.923. The van der Waals surface area contributed by atoms with Crippen LogP contribution in [0.2, 0.25) is 0 Å². The fourth-order valence-corrected chi connectivity index (χ4v) is 1.80. The molecule has 92 valence electrons. The third-order valence-corrected chi connectivity index (χ3v) is 2.49. The number of hydrogen-bond donors (Lipinski definition) is 1. The Morgan fingerprint density at radius 2 is 1.53 bits per heavy atom. The highest BCUT2D eigenvalue weighted by atomic mass is 16.4. The predicted molar refractivity (Wildman–Crippen MR) is 66.1 cm³/mol. The second-order valence-electron chi connectivity index (χ2n) is 3.44. The molecular weight excluding hydrogens is 188 g/mol. The van der Waals surface area contributed by atoms with Crippen LogP contribution in [0.5, 0.6) is 0 Å². The standard InChI is InChI=1S/C9H16O2.2C2H6/c10-9(11)7-6-8-4-2-1-3-5-8;2*1-2/h8H,1-7H2,(H,10,11);2*1-2H3. The third kappa shape index (κ3) is 11.4. The quantitative estimate of drug-likeness (QED) is 0.755. The van der Waals surface area contributed by atoms with Crippen molar-refractivity contribution in [3.8, 4) is 0 Å². The normalized spacial score (nSPS) is 15.5. The average Bonchev–Trinajstić information content (AvgIpc) is 2.33. The Morgan fingerprint density at radius 1 is 1.07 bits per heavy atom. The lowest BCUT2D eigenvalue weighted by Gasteiger charge is -2.20. The molecule has 0 radical (unpaired) electrons. The van der Waals surface area contributed by atoms with E-state index in [1.165, 1.54) is 32.1 Å². The molecule has 1 aliphatic rings. The van der Waals surface area contributed by atoms with E-state index in [1.807, 2.05) is 27.7 Å². The monoisotopic (exact) mass is 216 g/mol. The molecule has 0 aromatic carbocycles. The van der Waals surface area contributed by atoms with Crippen LogP contribution in [-0.2, 0) is 4.79 Å². The van der Waals surface area contributed by atoms with Crippen molar-refractivity contribution < 1.29 is 9.90 Å². The van der Waals surface area contributed by atoms with Gasteiger partial charge in [0.05, 0.1) is 0 Å². The van der Waals surface area contributed by atoms with Gasteiger partial charge in [0, 0.05) is 6.42 Å². The van der Waals surface area contributed by atoms with E-state index in [0.29, 0.717) is 12.3 Å². The summed E-state index contributed by atoms with van der Waals surface area (Å²) in [5.74, 6) is 0.0652. The van der Waals surface area contributed by atoms with E-state index in [9.17, 15) is 4.79 Å². The van der Waals surface area contributed by atoms with Gasteiger partial charge in [-0.25, -0.2) is 0 Å². The van der Waals surface area contributed by atoms with Crippen molar-refractivity contribution in [3.63, 3.8) is 0 Å². The Labute approximate surface area is 95.1 Å². The van der Waals surface area contributed by atoms with Crippen molar-refractivity contribution in [1.29, 1.82) is 0 Å². The van der Waals surface area contributed by atoms with Gasteiger partial charge in [-0.05, 0) is 12.3 Å². The van der Waals surface area contributed by atoms with Gasteiger partial charge in [-0.1, -0.05) is 59.8 Å². The highest BCUT2D eigenvalue weighted by molar-refractivity contribution is 5.66. The molecule has 1 fully saturated rings. The average molecular weight is 216 g/mol. The van der Waals surface area contributed by atoms with Crippen LogP contribution in [-0.4, -0.2) is 11.1 Å². The van der Waals surface area contributed by atoms with Crippen LogP contribution in [0, 0.1) is 5.92 Å². The first kappa shape index (κ1) is 16.9. The Balaban J connectivity index is 0. The maximum absolute atomic E-state index is 10.2. The van der Waals surface area contributed by atoms with Gasteiger partial charge in [-0.15, -0.1) is 0 Å². The molecule has 1 rings (SSSR count). The molecule has 0 heterocycles. The molecule has 15 heavy (non-hydrogen) atoms. The van der Waals surface area contributed by atoms with Crippen LogP contribution >= 0.6 is 0 Å². The lowest BCUT2D eigenvalue weighted by atomic mass is 9.86. The summed E-state index contributed by atoms with van der Waals surface area (Å²) in [5.41, 5.74) is 0. The lowest BCUT2D eigenvalue weighted by Crippen LogP contribution is -2.08. The molecular formula is C13H28O2. The number of rotatable bonds is 3. The van der Waals surface area contributed by atoms with Gasteiger partial charge in [0.15, 0.2) is 0 Å². The molecule has 0 aromatic heterocycles. The third-order valence-electron chi connectivity index (χ3n) is 2.49. The summed E-state index contributed by atoms with van der Waals surface area (Å²) in [7, 11) is 0. The van der Waals surface area contributed by atoms with Crippen molar-refractivity contribution in [2.75, 3.05) is 0 Å². The number of carbonyl (C=O) groups is 1. The van der Waals surface area contributed by atoms with Crippen LogP contribution in [0.4, 0.5) is 0 Å². The summed E-state index contributed by atoms with van der Waals surface area (Å²) >= 11 is 0. The maximum Gasteiger partial charge on any atom is 0.303 e. The summed E-state index contributed by atoms with van der Waals surface area (Å²) in [6.45, 7) is 8.00. The fourth-order valence-electron chi connectivity index (χ4n) is 1.80. The van der Waals surface area contributed by atoms with Crippen LogP contribution < -0.4 is 0 Å². The minimum absolute atomic E-state index is 0.366. The Kier molecular flexibility index (Phi) is 15.2. The maximum atomic E-state index is 10.2. The van der Waals surface area contributed by atoms with E-state index in [4.69, 9.17) is 5.11 Å². The molecule has 0 aliphatic heterocycles. The molecule has 1 saturated carbocycles. The van der Waals surface area contributed by atoms with E-state index >= 15 is 0 Å². The summed E-state index contributed by atoms with van der Waals surface area (Å²) in [6.07, 6.45) is 7.75. The van der Waals surface area contributed by atoms with Crippen LogP contribution in [0.1, 0.15) is 72.6 Å². The largest absolute Gasteiger partial charge is 0.481 e. The summed E-state index contributed by atoms with van der Waals surface area (Å²) < 4.78 is 0. The van der Waals surface area contributed by atoms with Gasteiger partial charge < -0.3 is 5.11 Å². The zero-order chi connectivity index (χ0) is 12.1. The van der Waals surface area contributed by atoms with Gasteiger partial charge in [0.25, 0.3) is 0 Å². The topological polar surface area (TPSA) is 37.3 Å². The minimum atomic E-state index is -0.643. The van der Waals surface area contributed by atoms with Gasteiger partial charge in [0.2, 0.25) is 0 Å².